The van der Waals surface area contributed by atoms with Crippen molar-refractivity contribution >= 4 is 13.9 Å². The third-order valence-corrected chi connectivity index (χ3v) is 3.66. The first-order valence-corrected chi connectivity index (χ1v) is 8.55. The SMILES string of the molecule is C[Si](C)(C)CCOCn1nccc1N. The molecule has 0 saturated carbocycles. The molecule has 1 aromatic rings. The highest BCUT2D eigenvalue weighted by atomic mass is 28.3. The van der Waals surface area contributed by atoms with Crippen molar-refractivity contribution in [2.45, 2.75) is 32.4 Å². The summed E-state index contributed by atoms with van der Waals surface area (Å²) in [5.41, 5.74) is 5.64. The normalized spacial score (nSPS) is 11.9. The maximum atomic E-state index is 5.64. The highest BCUT2D eigenvalue weighted by Gasteiger charge is 2.12. The maximum Gasteiger partial charge on any atom is 0.141 e. The maximum absolute atomic E-state index is 5.64. The topological polar surface area (TPSA) is 53.1 Å². The Hall–Kier alpha value is -0.813. The minimum Gasteiger partial charge on any atom is -0.384 e. The van der Waals surface area contributed by atoms with Gasteiger partial charge in [0.25, 0.3) is 0 Å². The van der Waals surface area contributed by atoms with Crippen molar-refractivity contribution in [3.63, 3.8) is 0 Å². The Kier molecular flexibility index (Phi) is 3.71. The van der Waals surface area contributed by atoms with E-state index in [0.29, 0.717) is 12.5 Å². The van der Waals surface area contributed by atoms with Crippen molar-refractivity contribution in [3.05, 3.63) is 12.3 Å². The lowest BCUT2D eigenvalue weighted by atomic mass is 10.7. The van der Waals surface area contributed by atoms with Gasteiger partial charge >= 0.3 is 0 Å². The number of nitrogen functional groups attached to an aromatic ring is 1. The van der Waals surface area contributed by atoms with Crippen molar-refractivity contribution in [2.24, 2.45) is 0 Å². The molecule has 0 unspecified atom stereocenters. The molecule has 0 spiro atoms. The molecule has 80 valence electrons. The van der Waals surface area contributed by atoms with Gasteiger partial charge in [-0.3, -0.25) is 0 Å². The molecule has 0 aliphatic carbocycles. The van der Waals surface area contributed by atoms with Gasteiger partial charge in [0.05, 0.1) is 6.20 Å². The van der Waals surface area contributed by atoms with E-state index in [1.165, 1.54) is 6.04 Å². The second kappa shape index (κ2) is 4.61. The molecule has 0 aliphatic heterocycles. The zero-order chi connectivity index (χ0) is 10.6. The van der Waals surface area contributed by atoms with Crippen molar-refractivity contribution in [1.82, 2.24) is 9.78 Å². The third kappa shape index (κ3) is 3.93. The molecule has 0 aromatic carbocycles. The van der Waals surface area contributed by atoms with Crippen LogP contribution in [0.25, 0.3) is 0 Å². The van der Waals surface area contributed by atoms with E-state index >= 15 is 0 Å². The molecule has 0 amide bonds. The van der Waals surface area contributed by atoms with Crippen molar-refractivity contribution in [1.29, 1.82) is 0 Å². The Morgan fingerprint density at radius 3 is 2.71 bits per heavy atom. The first-order valence-electron chi connectivity index (χ1n) is 4.84. The van der Waals surface area contributed by atoms with Gasteiger partial charge in [-0.1, -0.05) is 19.6 Å². The quantitative estimate of drug-likeness (QED) is 0.599. The van der Waals surface area contributed by atoms with Gasteiger partial charge in [-0.15, -0.1) is 0 Å². The third-order valence-electron chi connectivity index (χ3n) is 1.96. The van der Waals surface area contributed by atoms with E-state index in [0.717, 1.165) is 6.61 Å². The molecule has 5 heteroatoms. The highest BCUT2D eigenvalue weighted by Crippen LogP contribution is 2.08. The fourth-order valence-corrected chi connectivity index (χ4v) is 1.74. The summed E-state index contributed by atoms with van der Waals surface area (Å²) in [5.74, 6) is 0.651. The van der Waals surface area contributed by atoms with Crippen LogP contribution in [0.4, 0.5) is 5.82 Å². The standard InChI is InChI=1S/C9H19N3OSi/c1-14(2,3)7-6-13-8-12-9(10)4-5-11-12/h4-5H,6-8,10H2,1-3H3. The Labute approximate surface area is 86.1 Å². The second-order valence-corrected chi connectivity index (χ2v) is 10.2. The Morgan fingerprint density at radius 1 is 1.50 bits per heavy atom. The number of anilines is 1. The lowest BCUT2D eigenvalue weighted by molar-refractivity contribution is 0.0802. The number of nitrogens with zero attached hydrogens (tertiary/aromatic N) is 2. The molecule has 1 rings (SSSR count). The summed E-state index contributed by atoms with van der Waals surface area (Å²) >= 11 is 0. The molecule has 1 aromatic heterocycles. The lowest BCUT2D eigenvalue weighted by Crippen LogP contribution is -2.22. The largest absolute Gasteiger partial charge is 0.384 e. The number of hydrogen-bond donors (Lipinski definition) is 1. The predicted molar refractivity (Wildman–Crippen MR) is 60.7 cm³/mol. The molecule has 0 atom stereocenters. The number of hydrogen-bond acceptors (Lipinski definition) is 3. The predicted octanol–water partition coefficient (Wildman–Crippen LogP) is 1.78. The van der Waals surface area contributed by atoms with E-state index in [9.17, 15) is 0 Å². The fraction of sp³-hybridized carbons (Fsp3) is 0.667. The second-order valence-electron chi connectivity index (χ2n) is 4.60. The molecule has 0 bridgehead atoms. The first-order chi connectivity index (χ1) is 6.49. The monoisotopic (exact) mass is 213 g/mol. The summed E-state index contributed by atoms with van der Waals surface area (Å²) in [6.07, 6.45) is 1.68. The van der Waals surface area contributed by atoms with Gasteiger partial charge in [-0.2, -0.15) is 5.10 Å². The van der Waals surface area contributed by atoms with Crippen LogP contribution in [0.5, 0.6) is 0 Å². The van der Waals surface area contributed by atoms with E-state index in [1.54, 1.807) is 16.9 Å². The molecular weight excluding hydrogens is 194 g/mol. The molecule has 14 heavy (non-hydrogen) atoms. The molecule has 4 nitrogen and oxygen atoms in total. The van der Waals surface area contributed by atoms with Gasteiger partial charge in [-0.05, 0) is 6.04 Å². The summed E-state index contributed by atoms with van der Waals surface area (Å²) in [6.45, 7) is 8.26. The summed E-state index contributed by atoms with van der Waals surface area (Å²) in [4.78, 5) is 0. The summed E-state index contributed by atoms with van der Waals surface area (Å²) in [7, 11) is -0.979. The number of aromatic nitrogens is 2. The van der Waals surface area contributed by atoms with Crippen LogP contribution in [0.3, 0.4) is 0 Å². The summed E-state index contributed by atoms with van der Waals surface area (Å²) in [5, 5.41) is 4.03. The van der Waals surface area contributed by atoms with Crippen LogP contribution in [0.15, 0.2) is 12.3 Å². The first kappa shape index (κ1) is 11.3. The van der Waals surface area contributed by atoms with Crippen LogP contribution in [-0.4, -0.2) is 24.5 Å². The molecule has 0 radical (unpaired) electrons. The Balaban J connectivity index is 2.20. The molecule has 2 N–H and O–H groups in total. The molecule has 0 saturated heterocycles. The van der Waals surface area contributed by atoms with E-state index in [-0.39, 0.29) is 0 Å². The van der Waals surface area contributed by atoms with Crippen LogP contribution in [0.2, 0.25) is 25.7 Å². The van der Waals surface area contributed by atoms with Gasteiger partial charge in [0.2, 0.25) is 0 Å². The van der Waals surface area contributed by atoms with E-state index < -0.39 is 8.07 Å². The van der Waals surface area contributed by atoms with Crippen LogP contribution in [0, 0.1) is 0 Å². The van der Waals surface area contributed by atoms with E-state index in [4.69, 9.17) is 10.5 Å². The average Bonchev–Trinajstić information content (AvgIpc) is 2.44. The van der Waals surface area contributed by atoms with E-state index in [1.807, 2.05) is 0 Å². The molecule has 0 aliphatic rings. The zero-order valence-corrected chi connectivity index (χ0v) is 10.2. The zero-order valence-electron chi connectivity index (χ0n) is 9.16. The minimum absolute atomic E-state index is 0.462. The number of ether oxygens (including phenoxy) is 1. The smallest absolute Gasteiger partial charge is 0.141 e. The minimum atomic E-state index is -0.979. The van der Waals surface area contributed by atoms with Crippen molar-refractivity contribution in [3.8, 4) is 0 Å². The van der Waals surface area contributed by atoms with Gasteiger partial charge in [0.1, 0.15) is 12.5 Å². The lowest BCUT2D eigenvalue weighted by Gasteiger charge is -2.15. The summed E-state index contributed by atoms with van der Waals surface area (Å²) < 4.78 is 7.15. The van der Waals surface area contributed by atoms with Crippen LogP contribution < -0.4 is 5.73 Å². The van der Waals surface area contributed by atoms with Gasteiger partial charge in [0.15, 0.2) is 0 Å². The fourth-order valence-electron chi connectivity index (χ4n) is 0.980. The molecule has 1 heterocycles. The van der Waals surface area contributed by atoms with E-state index in [2.05, 4.69) is 24.7 Å². The van der Waals surface area contributed by atoms with Gasteiger partial charge < -0.3 is 10.5 Å². The Morgan fingerprint density at radius 2 is 2.21 bits per heavy atom. The number of nitrogens with two attached hydrogens (primary N) is 1. The van der Waals surface area contributed by atoms with Crippen LogP contribution in [-0.2, 0) is 11.5 Å². The Bertz CT molecular complexity index is 280. The molecular formula is C9H19N3OSi. The van der Waals surface area contributed by atoms with Crippen LogP contribution in [0.1, 0.15) is 0 Å². The van der Waals surface area contributed by atoms with Gasteiger partial charge in [-0.25, -0.2) is 4.68 Å². The van der Waals surface area contributed by atoms with Crippen molar-refractivity contribution in [2.75, 3.05) is 12.3 Å². The van der Waals surface area contributed by atoms with Crippen LogP contribution >= 0.6 is 0 Å². The summed E-state index contributed by atoms with van der Waals surface area (Å²) in [6, 6.07) is 2.94. The average molecular weight is 213 g/mol. The molecule has 0 fully saturated rings. The highest BCUT2D eigenvalue weighted by molar-refractivity contribution is 6.76. The number of rotatable bonds is 5. The van der Waals surface area contributed by atoms with Gasteiger partial charge in [0, 0.05) is 20.7 Å². The van der Waals surface area contributed by atoms with Crippen molar-refractivity contribution < 1.29 is 4.74 Å².